The van der Waals surface area contributed by atoms with Gasteiger partial charge < -0.3 is 20.6 Å². The third kappa shape index (κ3) is 4.87. The molecule has 36 heavy (non-hydrogen) atoms. The molecule has 4 N–H and O–H groups in total. The lowest BCUT2D eigenvalue weighted by Crippen LogP contribution is -2.50. The van der Waals surface area contributed by atoms with Crippen molar-refractivity contribution in [2.75, 3.05) is 11.9 Å². The van der Waals surface area contributed by atoms with Gasteiger partial charge in [-0.1, -0.05) is 11.6 Å². The van der Waals surface area contributed by atoms with Crippen LogP contribution in [0.15, 0.2) is 35.2 Å². The molecule has 0 radical (unpaired) electrons. The highest BCUT2D eigenvalue weighted by Crippen LogP contribution is 2.54. The molecule has 2 saturated carbocycles. The Morgan fingerprint density at radius 1 is 1.11 bits per heavy atom. The lowest BCUT2D eigenvalue weighted by molar-refractivity contribution is -0.0953. The van der Waals surface area contributed by atoms with Crippen molar-refractivity contribution >= 4 is 33.0 Å². The number of hydrogen-bond donors (Lipinski definition) is 4. The summed E-state index contributed by atoms with van der Waals surface area (Å²) >= 11 is 6.19. The zero-order valence-electron chi connectivity index (χ0n) is 18.9. The van der Waals surface area contributed by atoms with Crippen LogP contribution in [-0.4, -0.2) is 53.2 Å². The number of amides is 1. The number of rotatable bonds is 7. The van der Waals surface area contributed by atoms with Crippen molar-refractivity contribution in [3.05, 3.63) is 58.4 Å². The minimum absolute atomic E-state index is 0.0490. The third-order valence-corrected chi connectivity index (χ3v) is 9.98. The molecule has 0 aromatic heterocycles. The highest BCUT2D eigenvalue weighted by Gasteiger charge is 2.56. The molecule has 7 nitrogen and oxygen atoms in total. The maximum Gasteiger partial charge on any atom is 0.255 e. The van der Waals surface area contributed by atoms with Gasteiger partial charge in [0.25, 0.3) is 5.91 Å². The summed E-state index contributed by atoms with van der Waals surface area (Å²) < 4.78 is 67.2. The third-order valence-electron chi connectivity index (χ3n) is 7.33. The van der Waals surface area contributed by atoms with E-state index < -0.39 is 68.6 Å². The van der Waals surface area contributed by atoms with Gasteiger partial charge in [0.2, 0.25) is 0 Å². The summed E-state index contributed by atoms with van der Waals surface area (Å²) in [6.07, 6.45) is 0.229. The quantitative estimate of drug-likeness (QED) is 0.394. The Hall–Kier alpha value is -2.18. The summed E-state index contributed by atoms with van der Waals surface area (Å²) in [5, 5.41) is 31.4. The number of carbonyl (C=O) groups is 1. The number of carbonyl (C=O) groups excluding carboxylic acids is 1. The first-order valence-electron chi connectivity index (χ1n) is 11.4. The number of anilines is 1. The van der Waals surface area contributed by atoms with Gasteiger partial charge in [-0.15, -0.1) is 0 Å². The molecule has 2 bridgehead atoms. The average Bonchev–Trinajstić information content (AvgIpc) is 2.98. The van der Waals surface area contributed by atoms with Crippen LogP contribution in [-0.2, 0) is 9.84 Å². The van der Waals surface area contributed by atoms with Gasteiger partial charge in [0.15, 0.2) is 27.3 Å². The topological polar surface area (TPSA) is 124 Å². The fourth-order valence-corrected chi connectivity index (χ4v) is 7.91. The van der Waals surface area contributed by atoms with E-state index in [4.69, 9.17) is 11.6 Å². The summed E-state index contributed by atoms with van der Waals surface area (Å²) in [6.45, 7) is -0.509. The number of sulfone groups is 1. The molecule has 2 fully saturated rings. The number of benzene rings is 2. The Labute approximate surface area is 210 Å². The first-order valence-corrected chi connectivity index (χ1v) is 13.3. The molecular formula is C24H25ClF3NO6S. The summed E-state index contributed by atoms with van der Waals surface area (Å²) in [4.78, 5) is 12.4. The van der Waals surface area contributed by atoms with E-state index in [2.05, 4.69) is 5.32 Å². The predicted molar refractivity (Wildman–Crippen MR) is 125 cm³/mol. The maximum atomic E-state index is 13.5. The van der Waals surface area contributed by atoms with Crippen LogP contribution in [0.3, 0.4) is 0 Å². The van der Waals surface area contributed by atoms with Gasteiger partial charge in [-0.05, 0) is 55.7 Å². The largest absolute Gasteiger partial charge is 0.394 e. The van der Waals surface area contributed by atoms with Crippen LogP contribution in [0.1, 0.15) is 42.5 Å². The van der Waals surface area contributed by atoms with Crippen LogP contribution >= 0.6 is 11.6 Å². The molecule has 5 atom stereocenters. The molecule has 2 aliphatic rings. The Morgan fingerprint density at radius 3 is 2.25 bits per heavy atom. The van der Waals surface area contributed by atoms with Gasteiger partial charge in [-0.2, -0.15) is 0 Å². The zero-order chi connectivity index (χ0) is 26.4. The summed E-state index contributed by atoms with van der Waals surface area (Å²) in [5.41, 5.74) is -1.78. The van der Waals surface area contributed by atoms with E-state index >= 15 is 0 Å². The molecule has 12 heteroatoms. The Morgan fingerprint density at radius 2 is 1.69 bits per heavy atom. The second-order valence-corrected chi connectivity index (χ2v) is 12.1. The second-order valence-electron chi connectivity index (χ2n) is 9.49. The van der Waals surface area contributed by atoms with Crippen LogP contribution in [0.2, 0.25) is 5.02 Å². The second kappa shape index (κ2) is 9.94. The summed E-state index contributed by atoms with van der Waals surface area (Å²) in [6, 6.07) is 4.72. The fraction of sp³-hybridized carbons (Fsp3) is 0.458. The lowest BCUT2D eigenvalue weighted by Gasteiger charge is -2.43. The molecule has 2 aliphatic carbocycles. The first kappa shape index (κ1) is 26.9. The van der Waals surface area contributed by atoms with E-state index in [9.17, 15) is 41.7 Å². The Balaban J connectivity index is 1.57. The SMILES string of the molecule is O=C(Nc1cc(F)c(F)c(F)c1)c1ccc(Cl)c(S(=O)(=O)[C@@H]2CC3CC[C@@H](C2)[C@@]3(O)CC(O)CO)c1. The molecule has 0 saturated heterocycles. The average molecular weight is 548 g/mol. The molecule has 1 amide bonds. The van der Waals surface area contributed by atoms with Crippen molar-refractivity contribution < 1.29 is 41.7 Å². The predicted octanol–water partition coefficient (Wildman–Crippen LogP) is 3.45. The Bertz CT molecular complexity index is 1250. The van der Waals surface area contributed by atoms with E-state index in [1.807, 2.05) is 0 Å². The van der Waals surface area contributed by atoms with Crippen LogP contribution in [0.5, 0.6) is 0 Å². The van der Waals surface area contributed by atoms with Gasteiger partial charge in [-0.25, -0.2) is 21.6 Å². The molecule has 2 aromatic rings. The zero-order valence-corrected chi connectivity index (χ0v) is 20.5. The van der Waals surface area contributed by atoms with Crippen LogP contribution in [0.25, 0.3) is 0 Å². The minimum atomic E-state index is -4.06. The van der Waals surface area contributed by atoms with Gasteiger partial charge in [0, 0.05) is 29.8 Å². The lowest BCUT2D eigenvalue weighted by atomic mass is 9.71. The van der Waals surface area contributed by atoms with Gasteiger partial charge in [-0.3, -0.25) is 4.79 Å². The molecule has 4 rings (SSSR count). The van der Waals surface area contributed by atoms with Crippen LogP contribution < -0.4 is 5.32 Å². The Kier molecular flexibility index (Phi) is 7.42. The normalized spacial score (nSPS) is 26.6. The van der Waals surface area contributed by atoms with Gasteiger partial charge >= 0.3 is 0 Å². The molecular weight excluding hydrogens is 523 g/mol. The van der Waals surface area contributed by atoms with E-state index in [-0.39, 0.29) is 40.4 Å². The van der Waals surface area contributed by atoms with E-state index in [0.717, 1.165) is 6.07 Å². The highest BCUT2D eigenvalue weighted by molar-refractivity contribution is 7.92. The van der Waals surface area contributed by atoms with Crippen molar-refractivity contribution in [2.45, 2.75) is 54.0 Å². The van der Waals surface area contributed by atoms with Crippen molar-refractivity contribution in [1.82, 2.24) is 0 Å². The van der Waals surface area contributed by atoms with Gasteiger partial charge in [0.05, 0.1) is 33.5 Å². The number of aliphatic hydroxyl groups is 3. The summed E-state index contributed by atoms with van der Waals surface area (Å²) in [7, 11) is -4.06. The first-order chi connectivity index (χ1) is 16.9. The maximum absolute atomic E-state index is 13.5. The van der Waals surface area contributed by atoms with E-state index in [0.29, 0.717) is 25.0 Å². The van der Waals surface area contributed by atoms with Crippen LogP contribution in [0.4, 0.5) is 18.9 Å². The van der Waals surface area contributed by atoms with Crippen molar-refractivity contribution in [1.29, 1.82) is 0 Å². The molecule has 0 aliphatic heterocycles. The smallest absolute Gasteiger partial charge is 0.255 e. The minimum Gasteiger partial charge on any atom is -0.394 e. The van der Waals surface area contributed by atoms with E-state index in [1.54, 1.807) is 0 Å². The number of hydrogen-bond acceptors (Lipinski definition) is 6. The molecule has 2 aromatic carbocycles. The number of aliphatic hydroxyl groups excluding tert-OH is 2. The monoisotopic (exact) mass is 547 g/mol. The van der Waals surface area contributed by atoms with E-state index in [1.165, 1.54) is 12.1 Å². The van der Waals surface area contributed by atoms with Crippen molar-refractivity contribution in [3.8, 4) is 0 Å². The number of fused-ring (bicyclic) bond motifs is 2. The molecule has 2 unspecified atom stereocenters. The standard InChI is InChI=1S/C24H25ClF3NO6S/c25-18-4-1-12(23(32)29-15-8-19(26)22(28)20(27)9-15)5-21(18)36(34,35)17-6-13-2-3-14(7-17)24(13,33)10-16(31)11-30/h1,4-5,8-9,13-14,16-17,30-31,33H,2-3,6-7,10-11H2,(H,29,32)/t13-,14?,16?,17-,24-/m0/s1. The highest BCUT2D eigenvalue weighted by atomic mass is 35.5. The van der Waals surface area contributed by atoms with Gasteiger partial charge in [0.1, 0.15) is 0 Å². The molecule has 196 valence electrons. The fourth-order valence-electron chi connectivity index (χ4n) is 5.51. The van der Waals surface area contributed by atoms with Crippen molar-refractivity contribution in [3.63, 3.8) is 0 Å². The van der Waals surface area contributed by atoms with Crippen LogP contribution in [0, 0.1) is 29.3 Å². The molecule has 0 heterocycles. The number of nitrogens with one attached hydrogen (secondary N) is 1. The van der Waals surface area contributed by atoms with Crippen molar-refractivity contribution in [2.24, 2.45) is 11.8 Å². The number of halogens is 4. The summed E-state index contributed by atoms with van der Waals surface area (Å²) in [5.74, 6) is -6.36. The molecule has 0 spiro atoms.